The Morgan fingerprint density at radius 1 is 1.44 bits per heavy atom. The summed E-state index contributed by atoms with van der Waals surface area (Å²) in [5.74, 6) is 1.66. The van der Waals surface area contributed by atoms with Crippen LogP contribution >= 0.6 is 0 Å². The number of rotatable bonds is 1. The number of hydrogen-bond acceptors (Lipinski definition) is 3. The minimum absolute atomic E-state index is 0.461. The quantitative estimate of drug-likeness (QED) is 0.684. The predicted molar refractivity (Wildman–Crippen MR) is 59.9 cm³/mol. The molecule has 0 fully saturated rings. The lowest BCUT2D eigenvalue weighted by molar-refractivity contribution is 0.174. The van der Waals surface area contributed by atoms with Gasteiger partial charge in [-0.1, -0.05) is 18.2 Å². The molecule has 0 aliphatic carbocycles. The lowest BCUT2D eigenvalue weighted by Gasteiger charge is -2.03. The number of fused-ring (bicyclic) bond motifs is 1. The molecule has 0 atom stereocenters. The zero-order chi connectivity index (χ0) is 11.5. The molecule has 2 rings (SSSR count). The smallest absolute Gasteiger partial charge is 0.418 e. The topological polar surface area (TPSA) is 48.3 Å². The molecule has 0 aliphatic rings. The van der Waals surface area contributed by atoms with Crippen molar-refractivity contribution in [3.05, 3.63) is 36.0 Å². The van der Waals surface area contributed by atoms with Crippen LogP contribution in [0.3, 0.4) is 0 Å². The second-order valence-electron chi connectivity index (χ2n) is 3.20. The molecule has 0 radical (unpaired) electrons. The summed E-state index contributed by atoms with van der Waals surface area (Å²) in [6, 6.07) is 9.05. The molecule has 2 aromatic rings. The van der Waals surface area contributed by atoms with E-state index in [1.54, 1.807) is 18.1 Å². The highest BCUT2D eigenvalue weighted by molar-refractivity contribution is 5.94. The first-order valence-corrected chi connectivity index (χ1v) is 4.67. The van der Waals surface area contributed by atoms with Gasteiger partial charge >= 0.3 is 6.09 Å². The lowest BCUT2D eigenvalue weighted by Crippen LogP contribution is -2.12. The van der Waals surface area contributed by atoms with E-state index < -0.39 is 6.09 Å². The Balaban J connectivity index is 2.78. The van der Waals surface area contributed by atoms with Crippen LogP contribution in [0.4, 0.5) is 4.79 Å². The average Bonchev–Trinajstić information content (AvgIpc) is 2.66. The molecule has 4 nitrogen and oxygen atoms in total. The Kier molecular flexibility index (Phi) is 2.58. The molecule has 1 heterocycles. The van der Waals surface area contributed by atoms with E-state index in [-0.39, 0.29) is 0 Å². The van der Waals surface area contributed by atoms with Gasteiger partial charge in [0.15, 0.2) is 0 Å². The van der Waals surface area contributed by atoms with Crippen LogP contribution in [0.15, 0.2) is 30.3 Å². The summed E-state index contributed by atoms with van der Waals surface area (Å²) >= 11 is 0. The van der Waals surface area contributed by atoms with Crippen LogP contribution in [0.5, 0.6) is 0 Å². The summed E-state index contributed by atoms with van der Waals surface area (Å²) in [6.07, 6.45) is 0.680. The van der Waals surface area contributed by atoms with Gasteiger partial charge in [-0.25, -0.2) is 14.2 Å². The van der Waals surface area contributed by atoms with Gasteiger partial charge in [-0.15, -0.1) is 0 Å². The van der Waals surface area contributed by atoms with Crippen molar-refractivity contribution in [2.75, 3.05) is 7.11 Å². The largest absolute Gasteiger partial charge is 0.452 e. The third-order valence-corrected chi connectivity index (χ3v) is 2.30. The van der Waals surface area contributed by atoms with Crippen molar-refractivity contribution in [2.24, 2.45) is 0 Å². The molecule has 16 heavy (non-hydrogen) atoms. The maximum atomic E-state index is 11.6. The fraction of sp³-hybridized carbons (Fsp3) is 0.0833. The third-order valence-electron chi connectivity index (χ3n) is 2.30. The molecule has 0 bridgehead atoms. The Hall–Kier alpha value is -2.32. The SMILES string of the molecule is COC(=O)n1c(C=C=O)cc2ccccc21. The van der Waals surface area contributed by atoms with Crippen molar-refractivity contribution < 1.29 is 14.3 Å². The first-order valence-electron chi connectivity index (χ1n) is 4.67. The number of aromatic nitrogens is 1. The lowest BCUT2D eigenvalue weighted by atomic mass is 10.2. The molecule has 0 saturated heterocycles. The van der Waals surface area contributed by atoms with Crippen LogP contribution in [0.1, 0.15) is 5.69 Å². The second kappa shape index (κ2) is 4.04. The molecule has 4 heteroatoms. The number of methoxy groups -OCH3 is 1. The number of benzene rings is 1. The highest BCUT2D eigenvalue weighted by Crippen LogP contribution is 2.20. The van der Waals surface area contributed by atoms with Crippen LogP contribution in [0.2, 0.25) is 0 Å². The average molecular weight is 215 g/mol. The zero-order valence-corrected chi connectivity index (χ0v) is 8.64. The molecule has 1 aromatic carbocycles. The van der Waals surface area contributed by atoms with Crippen LogP contribution in [0, 0.1) is 0 Å². The third kappa shape index (κ3) is 1.51. The van der Waals surface area contributed by atoms with E-state index in [9.17, 15) is 9.59 Å². The van der Waals surface area contributed by atoms with E-state index >= 15 is 0 Å². The van der Waals surface area contributed by atoms with Crippen LogP contribution in [0.25, 0.3) is 17.0 Å². The molecule has 1 aromatic heterocycles. The first kappa shape index (κ1) is 10.2. The zero-order valence-electron chi connectivity index (χ0n) is 8.64. The molecule has 0 spiro atoms. The standard InChI is InChI=1S/C12H9NO3/c1-16-12(15)13-10(6-7-14)8-9-4-2-3-5-11(9)13/h2-6,8H,1H3. The van der Waals surface area contributed by atoms with E-state index in [0.29, 0.717) is 11.2 Å². The Morgan fingerprint density at radius 2 is 2.19 bits per heavy atom. The van der Waals surface area contributed by atoms with E-state index in [1.165, 1.54) is 17.8 Å². The fourth-order valence-electron chi connectivity index (χ4n) is 1.64. The molecule has 0 N–H and O–H groups in total. The van der Waals surface area contributed by atoms with Crippen LogP contribution in [-0.2, 0) is 9.53 Å². The number of nitrogens with zero attached hydrogens (tertiary/aromatic N) is 1. The summed E-state index contributed by atoms with van der Waals surface area (Å²) in [6.45, 7) is 0. The molecule has 0 aliphatic heterocycles. The highest BCUT2D eigenvalue weighted by atomic mass is 16.5. The Morgan fingerprint density at radius 3 is 2.88 bits per heavy atom. The number of carbonyl (C=O) groups excluding carboxylic acids is 2. The van der Waals surface area contributed by atoms with E-state index in [4.69, 9.17) is 0 Å². The molecular formula is C12H9NO3. The van der Waals surface area contributed by atoms with Crippen molar-refractivity contribution in [2.45, 2.75) is 0 Å². The fourth-order valence-corrected chi connectivity index (χ4v) is 1.64. The van der Waals surface area contributed by atoms with Gasteiger partial charge in [0.05, 0.1) is 18.3 Å². The minimum Gasteiger partial charge on any atom is -0.452 e. The molecule has 0 amide bonds. The van der Waals surface area contributed by atoms with Crippen molar-refractivity contribution in [3.8, 4) is 0 Å². The maximum Gasteiger partial charge on any atom is 0.418 e. The van der Waals surface area contributed by atoms with Crippen molar-refractivity contribution >= 4 is 29.0 Å². The first-order chi connectivity index (χ1) is 7.77. The summed E-state index contributed by atoms with van der Waals surface area (Å²) in [5.41, 5.74) is 1.17. The van der Waals surface area contributed by atoms with Gasteiger partial charge in [0.1, 0.15) is 5.94 Å². The Labute approximate surface area is 91.7 Å². The maximum absolute atomic E-state index is 11.6. The van der Waals surface area contributed by atoms with E-state index in [2.05, 4.69) is 4.74 Å². The number of para-hydroxylation sites is 1. The van der Waals surface area contributed by atoms with Crippen molar-refractivity contribution in [1.82, 2.24) is 4.57 Å². The van der Waals surface area contributed by atoms with E-state index in [0.717, 1.165) is 5.39 Å². The summed E-state index contributed by atoms with van der Waals surface area (Å²) in [7, 11) is 1.30. The number of ether oxygens (including phenoxy) is 1. The molecule has 80 valence electrons. The van der Waals surface area contributed by atoms with Crippen LogP contribution < -0.4 is 0 Å². The monoisotopic (exact) mass is 215 g/mol. The van der Waals surface area contributed by atoms with E-state index in [1.807, 2.05) is 18.2 Å². The number of hydrogen-bond donors (Lipinski definition) is 0. The normalized spacial score (nSPS) is 9.81. The van der Waals surface area contributed by atoms with Gasteiger partial charge in [-0.2, -0.15) is 0 Å². The molecular weight excluding hydrogens is 206 g/mol. The van der Waals surface area contributed by atoms with Gasteiger partial charge in [0, 0.05) is 11.5 Å². The second-order valence-corrected chi connectivity index (χ2v) is 3.20. The van der Waals surface area contributed by atoms with Gasteiger partial charge in [0.25, 0.3) is 0 Å². The summed E-state index contributed by atoms with van der Waals surface area (Å²) < 4.78 is 6.00. The van der Waals surface area contributed by atoms with Crippen molar-refractivity contribution in [3.63, 3.8) is 0 Å². The van der Waals surface area contributed by atoms with Gasteiger partial charge in [0.2, 0.25) is 0 Å². The van der Waals surface area contributed by atoms with Crippen LogP contribution in [-0.4, -0.2) is 23.7 Å². The summed E-state index contributed by atoms with van der Waals surface area (Å²) in [5, 5.41) is 0.870. The summed E-state index contributed by atoms with van der Waals surface area (Å²) in [4.78, 5) is 21.9. The predicted octanol–water partition coefficient (Wildman–Crippen LogP) is 2.10. The van der Waals surface area contributed by atoms with Crippen molar-refractivity contribution in [1.29, 1.82) is 0 Å². The van der Waals surface area contributed by atoms with Gasteiger partial charge < -0.3 is 4.74 Å². The van der Waals surface area contributed by atoms with Gasteiger partial charge in [-0.3, -0.25) is 0 Å². The highest BCUT2D eigenvalue weighted by Gasteiger charge is 2.13. The molecule has 0 saturated carbocycles. The molecule has 0 unspecified atom stereocenters. The Bertz CT molecular complexity index is 591. The number of carbonyl (C=O) groups is 1. The van der Waals surface area contributed by atoms with Gasteiger partial charge in [-0.05, 0) is 12.1 Å². The minimum atomic E-state index is -0.525.